The number of hydrogen-bond donors (Lipinski definition) is 0. The van der Waals surface area contributed by atoms with Crippen LogP contribution in [0.25, 0.3) is 0 Å². The van der Waals surface area contributed by atoms with Gasteiger partial charge in [0.1, 0.15) is 0 Å². The van der Waals surface area contributed by atoms with Crippen molar-refractivity contribution in [3.8, 4) is 23.7 Å². The molecule has 0 saturated heterocycles. The molecule has 2 heteroatoms. The van der Waals surface area contributed by atoms with Gasteiger partial charge in [-0.15, -0.1) is 0 Å². The molecule has 0 saturated carbocycles. The second kappa shape index (κ2) is 8.02. The summed E-state index contributed by atoms with van der Waals surface area (Å²) < 4.78 is 2.02. The summed E-state index contributed by atoms with van der Waals surface area (Å²) in [5, 5.41) is 0. The molecule has 3 aromatic carbocycles. The zero-order chi connectivity index (χ0) is 16.8. The first-order chi connectivity index (χ1) is 11.7. The Kier molecular flexibility index (Phi) is 5.55. The van der Waals surface area contributed by atoms with E-state index in [0.29, 0.717) is 0 Å². The van der Waals surface area contributed by atoms with Crippen molar-refractivity contribution in [3.05, 3.63) is 104 Å². The van der Waals surface area contributed by atoms with Gasteiger partial charge in [0.05, 0.1) is 0 Å². The lowest BCUT2D eigenvalue weighted by Crippen LogP contribution is -1.80. The quantitative estimate of drug-likeness (QED) is 0.379. The first kappa shape index (κ1) is 16.6. The highest BCUT2D eigenvalue weighted by Crippen LogP contribution is 2.15. The molecule has 3 aromatic rings. The van der Waals surface area contributed by atoms with Gasteiger partial charge in [-0.05, 0) is 80.4 Å². The van der Waals surface area contributed by atoms with Gasteiger partial charge in [-0.2, -0.15) is 0 Å². The lowest BCUT2D eigenvalue weighted by molar-refractivity contribution is 1.57. The van der Waals surface area contributed by atoms with Crippen molar-refractivity contribution in [3.63, 3.8) is 0 Å². The van der Waals surface area contributed by atoms with Crippen LogP contribution in [0.3, 0.4) is 0 Å². The molecule has 0 aliphatic heterocycles. The first-order valence-electron chi connectivity index (χ1n) is 7.35. The summed E-state index contributed by atoms with van der Waals surface area (Å²) >= 11 is 7.01. The third kappa shape index (κ3) is 4.39. The molecule has 0 unspecified atom stereocenters. The molecule has 0 atom stereocenters. The molecule has 0 radical (unpaired) electrons. The van der Waals surface area contributed by atoms with Crippen LogP contribution in [0.15, 0.2) is 81.7 Å². The summed E-state index contributed by atoms with van der Waals surface area (Å²) in [6, 6.07) is 23.9. The van der Waals surface area contributed by atoms with Gasteiger partial charge in [0.25, 0.3) is 0 Å². The van der Waals surface area contributed by atoms with E-state index in [0.717, 1.165) is 31.2 Å². The predicted octanol–water partition coefficient (Wildman–Crippen LogP) is 6.01. The molecular formula is C22H12Br2. The summed E-state index contributed by atoms with van der Waals surface area (Å²) in [6.07, 6.45) is 0. The van der Waals surface area contributed by atoms with Crippen molar-refractivity contribution >= 4 is 31.9 Å². The van der Waals surface area contributed by atoms with Crippen LogP contribution in [0.4, 0.5) is 0 Å². The highest BCUT2D eigenvalue weighted by molar-refractivity contribution is 9.10. The van der Waals surface area contributed by atoms with E-state index in [-0.39, 0.29) is 0 Å². The molecule has 114 valence electrons. The Balaban J connectivity index is 1.78. The van der Waals surface area contributed by atoms with Crippen molar-refractivity contribution < 1.29 is 0 Å². The SMILES string of the molecule is Brc1ccccc1C#Cc1ccc(C#Cc2ccccc2Br)cc1. The second-order valence-corrected chi connectivity index (χ2v) is 6.75. The summed E-state index contributed by atoms with van der Waals surface area (Å²) in [7, 11) is 0. The largest absolute Gasteiger partial charge is 0.0616 e. The number of benzene rings is 3. The molecule has 3 rings (SSSR count). The third-order valence-electron chi connectivity index (χ3n) is 3.32. The van der Waals surface area contributed by atoms with Crippen LogP contribution in [0.1, 0.15) is 22.3 Å². The van der Waals surface area contributed by atoms with E-state index in [1.165, 1.54) is 0 Å². The predicted molar refractivity (Wildman–Crippen MR) is 107 cm³/mol. The van der Waals surface area contributed by atoms with Gasteiger partial charge in [-0.1, -0.05) is 47.9 Å². The Morgan fingerprint density at radius 2 is 0.833 bits per heavy atom. The third-order valence-corrected chi connectivity index (χ3v) is 4.70. The van der Waals surface area contributed by atoms with Crippen LogP contribution in [0.5, 0.6) is 0 Å². The van der Waals surface area contributed by atoms with Crippen LogP contribution >= 0.6 is 31.9 Å². The van der Waals surface area contributed by atoms with E-state index in [2.05, 4.69) is 55.5 Å². The molecule has 0 aliphatic rings. The minimum Gasteiger partial charge on any atom is -0.0616 e. The van der Waals surface area contributed by atoms with Gasteiger partial charge in [0.15, 0.2) is 0 Å². The Morgan fingerprint density at radius 1 is 0.458 bits per heavy atom. The Morgan fingerprint density at radius 3 is 1.21 bits per heavy atom. The van der Waals surface area contributed by atoms with Crippen LogP contribution in [-0.4, -0.2) is 0 Å². The van der Waals surface area contributed by atoms with Gasteiger partial charge >= 0.3 is 0 Å². The van der Waals surface area contributed by atoms with E-state index in [1.54, 1.807) is 0 Å². The van der Waals surface area contributed by atoms with Crippen molar-refractivity contribution in [2.75, 3.05) is 0 Å². The summed E-state index contributed by atoms with van der Waals surface area (Å²) in [5.41, 5.74) is 3.90. The molecule has 0 amide bonds. The molecule has 0 N–H and O–H groups in total. The topological polar surface area (TPSA) is 0 Å². The highest BCUT2D eigenvalue weighted by atomic mass is 79.9. The maximum atomic E-state index is 3.51. The van der Waals surface area contributed by atoms with Crippen molar-refractivity contribution in [1.29, 1.82) is 0 Å². The van der Waals surface area contributed by atoms with E-state index in [1.807, 2.05) is 72.8 Å². The first-order valence-corrected chi connectivity index (χ1v) is 8.94. The van der Waals surface area contributed by atoms with Crippen LogP contribution in [0.2, 0.25) is 0 Å². The lowest BCUT2D eigenvalue weighted by Gasteiger charge is -1.95. The maximum Gasteiger partial charge on any atom is 0.0391 e. The molecule has 0 aromatic heterocycles. The number of hydrogen-bond acceptors (Lipinski definition) is 0. The van der Waals surface area contributed by atoms with Gasteiger partial charge in [0, 0.05) is 31.2 Å². The molecule has 0 heterocycles. The molecule has 0 aliphatic carbocycles. The highest BCUT2D eigenvalue weighted by Gasteiger charge is 1.94. The summed E-state index contributed by atoms with van der Waals surface area (Å²) in [6.45, 7) is 0. The maximum absolute atomic E-state index is 3.51. The lowest BCUT2D eigenvalue weighted by atomic mass is 10.1. The molecule has 0 bridgehead atoms. The normalized spacial score (nSPS) is 9.42. The smallest absolute Gasteiger partial charge is 0.0391 e. The summed E-state index contributed by atoms with van der Waals surface area (Å²) in [4.78, 5) is 0. The van der Waals surface area contributed by atoms with Crippen molar-refractivity contribution in [2.45, 2.75) is 0 Å². The molecule has 24 heavy (non-hydrogen) atoms. The molecule has 0 nitrogen and oxygen atoms in total. The van der Waals surface area contributed by atoms with E-state index < -0.39 is 0 Å². The standard InChI is InChI=1S/C22H12Br2/c23-21-7-3-1-5-19(21)15-13-17-9-11-18(12-10-17)14-16-20-6-2-4-8-22(20)24/h1-12H. The van der Waals surface area contributed by atoms with Gasteiger partial charge < -0.3 is 0 Å². The second-order valence-electron chi connectivity index (χ2n) is 5.04. The minimum atomic E-state index is 0.970. The van der Waals surface area contributed by atoms with Crippen LogP contribution in [0, 0.1) is 23.7 Å². The summed E-state index contributed by atoms with van der Waals surface area (Å²) in [5.74, 6) is 12.7. The van der Waals surface area contributed by atoms with Gasteiger partial charge in [-0.3, -0.25) is 0 Å². The molecule has 0 spiro atoms. The van der Waals surface area contributed by atoms with Crippen molar-refractivity contribution in [2.24, 2.45) is 0 Å². The van der Waals surface area contributed by atoms with Crippen LogP contribution in [-0.2, 0) is 0 Å². The zero-order valence-electron chi connectivity index (χ0n) is 12.7. The average Bonchev–Trinajstić information content (AvgIpc) is 2.61. The molecule has 0 fully saturated rings. The Labute approximate surface area is 159 Å². The average molecular weight is 436 g/mol. The number of halogens is 2. The van der Waals surface area contributed by atoms with E-state index in [9.17, 15) is 0 Å². The Bertz CT molecular complexity index is 895. The van der Waals surface area contributed by atoms with E-state index >= 15 is 0 Å². The number of rotatable bonds is 0. The van der Waals surface area contributed by atoms with Gasteiger partial charge in [-0.25, -0.2) is 0 Å². The zero-order valence-corrected chi connectivity index (χ0v) is 15.9. The minimum absolute atomic E-state index is 0.970. The fourth-order valence-electron chi connectivity index (χ4n) is 2.04. The fraction of sp³-hybridized carbons (Fsp3) is 0. The van der Waals surface area contributed by atoms with Gasteiger partial charge in [0.2, 0.25) is 0 Å². The monoisotopic (exact) mass is 434 g/mol. The van der Waals surface area contributed by atoms with E-state index in [4.69, 9.17) is 0 Å². The fourth-order valence-corrected chi connectivity index (χ4v) is 2.81. The Hall–Kier alpha value is -2.26. The molecular weight excluding hydrogens is 424 g/mol. The van der Waals surface area contributed by atoms with Crippen LogP contribution < -0.4 is 0 Å². The van der Waals surface area contributed by atoms with Crippen molar-refractivity contribution in [1.82, 2.24) is 0 Å².